The van der Waals surface area contributed by atoms with E-state index in [2.05, 4.69) is 120 Å². The lowest BCUT2D eigenvalue weighted by molar-refractivity contribution is 1.42. The molecule has 0 amide bonds. The van der Waals surface area contributed by atoms with Gasteiger partial charge < -0.3 is 4.98 Å². The molecule has 182 valence electrons. The SMILES string of the molecule is c1ccc2c(c1)[nH]c1c(-c3nc4c(cc3-c3cccc5sc6ccccc6c35)sc3ccccc34)cccc12. The Kier molecular flexibility index (Phi) is 4.39. The Morgan fingerprint density at radius 3 is 2.03 bits per heavy atom. The molecule has 5 aromatic carbocycles. The first-order valence-electron chi connectivity index (χ1n) is 13.1. The average Bonchev–Trinajstić information content (AvgIpc) is 3.67. The van der Waals surface area contributed by atoms with Crippen LogP contribution in [0.3, 0.4) is 0 Å². The summed E-state index contributed by atoms with van der Waals surface area (Å²) in [6, 6.07) is 41.6. The summed E-state index contributed by atoms with van der Waals surface area (Å²) in [5.41, 5.74) is 7.92. The van der Waals surface area contributed by atoms with Crippen LogP contribution in [0.15, 0.2) is 115 Å². The Morgan fingerprint density at radius 1 is 0.487 bits per heavy atom. The molecule has 0 saturated carbocycles. The summed E-state index contributed by atoms with van der Waals surface area (Å²) in [6.07, 6.45) is 0. The minimum absolute atomic E-state index is 1.02. The zero-order valence-corrected chi connectivity index (χ0v) is 22.4. The third-order valence-electron chi connectivity index (χ3n) is 7.84. The fourth-order valence-electron chi connectivity index (χ4n) is 6.12. The molecule has 0 fully saturated rings. The number of para-hydroxylation sites is 2. The van der Waals surface area contributed by atoms with Gasteiger partial charge in [0.2, 0.25) is 0 Å². The van der Waals surface area contributed by atoms with Gasteiger partial charge >= 0.3 is 0 Å². The molecule has 0 aliphatic heterocycles. The van der Waals surface area contributed by atoms with Crippen LogP contribution in [0.25, 0.3) is 84.7 Å². The standard InChI is InChI=1S/C35H20N2S2/c1-4-15-27-20(9-1)22-13-7-14-25(33(22)36-27)34-26(19-31-35(37-34)24-11-3-6-17-29(24)39-31)21-12-8-18-30-32(21)23-10-2-5-16-28(23)38-30/h1-19,36H. The van der Waals surface area contributed by atoms with E-state index in [1.807, 2.05) is 22.7 Å². The second-order valence-electron chi connectivity index (χ2n) is 10.0. The maximum atomic E-state index is 5.50. The van der Waals surface area contributed by atoms with Crippen LogP contribution >= 0.6 is 22.7 Å². The molecule has 9 aromatic rings. The fourth-order valence-corrected chi connectivity index (χ4v) is 8.33. The third-order valence-corrected chi connectivity index (χ3v) is 10.1. The van der Waals surface area contributed by atoms with Crippen LogP contribution in [0.2, 0.25) is 0 Å². The number of rotatable bonds is 2. The quantitative estimate of drug-likeness (QED) is 0.236. The zero-order chi connectivity index (χ0) is 25.5. The number of thiophene rings is 2. The van der Waals surface area contributed by atoms with Gasteiger partial charge in [0.05, 0.1) is 21.4 Å². The highest BCUT2D eigenvalue weighted by molar-refractivity contribution is 7.26. The summed E-state index contributed by atoms with van der Waals surface area (Å²) in [7, 11) is 0. The number of hydrogen-bond donors (Lipinski definition) is 1. The van der Waals surface area contributed by atoms with Crippen molar-refractivity contribution in [2.75, 3.05) is 0 Å². The Balaban J connectivity index is 1.46. The number of fused-ring (bicyclic) bond motifs is 9. The minimum atomic E-state index is 1.02. The van der Waals surface area contributed by atoms with Gasteiger partial charge in [0, 0.05) is 57.7 Å². The van der Waals surface area contributed by atoms with Gasteiger partial charge in [-0.1, -0.05) is 84.9 Å². The molecule has 0 aliphatic rings. The van der Waals surface area contributed by atoms with Crippen LogP contribution in [0.1, 0.15) is 0 Å². The lowest BCUT2D eigenvalue weighted by atomic mass is 9.94. The van der Waals surface area contributed by atoms with Crippen molar-refractivity contribution < 1.29 is 0 Å². The number of aromatic amines is 1. The highest BCUT2D eigenvalue weighted by atomic mass is 32.1. The number of benzene rings is 5. The molecule has 0 saturated heterocycles. The maximum absolute atomic E-state index is 5.50. The molecule has 0 spiro atoms. The van der Waals surface area contributed by atoms with Crippen molar-refractivity contribution in [3.63, 3.8) is 0 Å². The number of nitrogens with one attached hydrogen (secondary N) is 1. The van der Waals surface area contributed by atoms with Gasteiger partial charge in [-0.2, -0.15) is 0 Å². The number of H-pyrrole nitrogens is 1. The van der Waals surface area contributed by atoms with E-state index in [1.165, 1.54) is 56.9 Å². The first-order chi connectivity index (χ1) is 19.3. The van der Waals surface area contributed by atoms with Crippen molar-refractivity contribution in [3.8, 4) is 22.4 Å². The van der Waals surface area contributed by atoms with Crippen molar-refractivity contribution in [1.29, 1.82) is 0 Å². The van der Waals surface area contributed by atoms with Crippen LogP contribution in [-0.2, 0) is 0 Å². The first-order valence-corrected chi connectivity index (χ1v) is 14.7. The highest BCUT2D eigenvalue weighted by Gasteiger charge is 2.20. The molecular formula is C35H20N2S2. The first kappa shape index (κ1) is 21.4. The van der Waals surface area contributed by atoms with Crippen LogP contribution in [-0.4, -0.2) is 9.97 Å². The smallest absolute Gasteiger partial charge is 0.0896 e. The van der Waals surface area contributed by atoms with Gasteiger partial charge in [0.15, 0.2) is 0 Å². The molecule has 4 aromatic heterocycles. The molecule has 0 atom stereocenters. The molecule has 2 nitrogen and oxygen atoms in total. The van der Waals surface area contributed by atoms with E-state index in [4.69, 9.17) is 4.98 Å². The van der Waals surface area contributed by atoms with E-state index in [0.29, 0.717) is 0 Å². The van der Waals surface area contributed by atoms with Gasteiger partial charge in [0.25, 0.3) is 0 Å². The van der Waals surface area contributed by atoms with Crippen molar-refractivity contribution in [1.82, 2.24) is 9.97 Å². The van der Waals surface area contributed by atoms with Crippen molar-refractivity contribution >= 4 is 85.0 Å². The molecular weight excluding hydrogens is 513 g/mol. The lowest BCUT2D eigenvalue weighted by Gasteiger charge is -2.13. The van der Waals surface area contributed by atoms with Gasteiger partial charge in [-0.05, 0) is 35.9 Å². The van der Waals surface area contributed by atoms with E-state index >= 15 is 0 Å². The zero-order valence-electron chi connectivity index (χ0n) is 20.7. The fraction of sp³-hybridized carbons (Fsp3) is 0. The van der Waals surface area contributed by atoms with Gasteiger partial charge in [-0.15, -0.1) is 22.7 Å². The Bertz CT molecular complexity index is 2400. The lowest BCUT2D eigenvalue weighted by Crippen LogP contribution is -1.92. The second kappa shape index (κ2) is 8.00. The topological polar surface area (TPSA) is 28.7 Å². The number of pyridine rings is 1. The molecule has 39 heavy (non-hydrogen) atoms. The summed E-state index contributed by atoms with van der Waals surface area (Å²) in [4.78, 5) is 9.22. The minimum Gasteiger partial charge on any atom is -0.354 e. The Morgan fingerprint density at radius 2 is 1.13 bits per heavy atom. The predicted octanol–water partition coefficient (Wildman–Crippen LogP) is 10.8. The summed E-state index contributed by atoms with van der Waals surface area (Å²) in [5, 5.41) is 6.30. The Hall–Kier alpha value is -4.51. The second-order valence-corrected chi connectivity index (χ2v) is 12.2. The normalized spacial score (nSPS) is 12.1. The number of aromatic nitrogens is 2. The van der Waals surface area contributed by atoms with Gasteiger partial charge in [-0.3, -0.25) is 0 Å². The highest BCUT2D eigenvalue weighted by Crippen LogP contribution is 2.46. The van der Waals surface area contributed by atoms with Crippen LogP contribution < -0.4 is 0 Å². The van der Waals surface area contributed by atoms with Crippen LogP contribution in [0, 0.1) is 0 Å². The molecule has 9 rings (SSSR count). The van der Waals surface area contributed by atoms with E-state index in [9.17, 15) is 0 Å². The largest absolute Gasteiger partial charge is 0.354 e. The maximum Gasteiger partial charge on any atom is 0.0896 e. The molecule has 0 bridgehead atoms. The van der Waals surface area contributed by atoms with Crippen LogP contribution in [0.4, 0.5) is 0 Å². The summed E-state index contributed by atoms with van der Waals surface area (Å²) < 4.78 is 5.11. The summed E-state index contributed by atoms with van der Waals surface area (Å²) in [5.74, 6) is 0. The third kappa shape index (κ3) is 3.04. The molecule has 0 aliphatic carbocycles. The van der Waals surface area contributed by atoms with E-state index < -0.39 is 0 Å². The van der Waals surface area contributed by atoms with Gasteiger partial charge in [0.1, 0.15) is 0 Å². The molecule has 0 unspecified atom stereocenters. The molecule has 0 radical (unpaired) electrons. The monoisotopic (exact) mass is 532 g/mol. The van der Waals surface area contributed by atoms with E-state index in [0.717, 1.165) is 27.8 Å². The van der Waals surface area contributed by atoms with E-state index in [1.54, 1.807) is 0 Å². The van der Waals surface area contributed by atoms with E-state index in [-0.39, 0.29) is 0 Å². The van der Waals surface area contributed by atoms with Gasteiger partial charge in [-0.25, -0.2) is 4.98 Å². The van der Waals surface area contributed by atoms with Crippen molar-refractivity contribution in [2.24, 2.45) is 0 Å². The predicted molar refractivity (Wildman–Crippen MR) is 170 cm³/mol. The molecule has 1 N–H and O–H groups in total. The number of hydrogen-bond acceptors (Lipinski definition) is 3. The van der Waals surface area contributed by atoms with Crippen molar-refractivity contribution in [2.45, 2.75) is 0 Å². The van der Waals surface area contributed by atoms with Crippen molar-refractivity contribution in [3.05, 3.63) is 115 Å². The Labute approximate surface area is 231 Å². The summed E-state index contributed by atoms with van der Waals surface area (Å²) >= 11 is 3.69. The molecule has 4 heterocycles. The summed E-state index contributed by atoms with van der Waals surface area (Å²) in [6.45, 7) is 0. The average molecular weight is 533 g/mol. The molecule has 4 heteroatoms. The number of nitrogens with zero attached hydrogens (tertiary/aromatic N) is 1. The van der Waals surface area contributed by atoms with Crippen LogP contribution in [0.5, 0.6) is 0 Å².